The van der Waals surface area contributed by atoms with Crippen LogP contribution in [-0.4, -0.2) is 29.7 Å². The van der Waals surface area contributed by atoms with Crippen LogP contribution in [-0.2, 0) is 4.79 Å². The van der Waals surface area contributed by atoms with Gasteiger partial charge in [-0.1, -0.05) is 0 Å². The first-order valence-electron chi connectivity index (χ1n) is 4.37. The fourth-order valence-electron chi connectivity index (χ4n) is 1.33. The molecule has 0 radical (unpaired) electrons. The maximum Gasteiger partial charge on any atom is 0.323 e. The Kier molecular flexibility index (Phi) is 3.06. The summed E-state index contributed by atoms with van der Waals surface area (Å²) in [4.78, 5) is 16.3. The molecule has 1 heterocycles. The number of aromatic nitrogens is 1. The van der Waals surface area contributed by atoms with E-state index in [0.717, 1.165) is 16.9 Å². The molecule has 0 saturated heterocycles. The van der Waals surface area contributed by atoms with Crippen LogP contribution in [0.25, 0.3) is 0 Å². The molecule has 0 fully saturated rings. The van der Waals surface area contributed by atoms with Crippen molar-refractivity contribution in [2.75, 3.05) is 18.5 Å². The number of rotatable bonds is 3. The molecule has 4 heteroatoms. The Hall–Kier alpha value is -1.58. The Morgan fingerprint density at radius 1 is 1.57 bits per heavy atom. The number of anilines is 1. The van der Waals surface area contributed by atoms with Gasteiger partial charge in [0, 0.05) is 24.6 Å². The second-order valence-electron chi connectivity index (χ2n) is 3.29. The molecule has 0 aliphatic heterocycles. The lowest BCUT2D eigenvalue weighted by Gasteiger charge is -2.19. The summed E-state index contributed by atoms with van der Waals surface area (Å²) in [6, 6.07) is 1.82. The van der Waals surface area contributed by atoms with Crippen molar-refractivity contribution < 1.29 is 9.90 Å². The lowest BCUT2D eigenvalue weighted by Crippen LogP contribution is -2.25. The fraction of sp³-hybridized carbons (Fsp3) is 0.400. The molecule has 0 saturated carbocycles. The van der Waals surface area contributed by atoms with Gasteiger partial charge in [-0.05, 0) is 25.5 Å². The van der Waals surface area contributed by atoms with Gasteiger partial charge in [-0.3, -0.25) is 9.78 Å². The van der Waals surface area contributed by atoms with Gasteiger partial charge >= 0.3 is 5.97 Å². The van der Waals surface area contributed by atoms with E-state index in [-0.39, 0.29) is 6.54 Å². The van der Waals surface area contributed by atoms with Gasteiger partial charge in [-0.25, -0.2) is 0 Å². The van der Waals surface area contributed by atoms with Crippen LogP contribution in [0.2, 0.25) is 0 Å². The highest BCUT2D eigenvalue weighted by Crippen LogP contribution is 2.19. The number of carboxylic acids is 1. The second-order valence-corrected chi connectivity index (χ2v) is 3.29. The van der Waals surface area contributed by atoms with Crippen molar-refractivity contribution in [3.8, 4) is 0 Å². The highest BCUT2D eigenvalue weighted by molar-refractivity contribution is 5.74. The molecule has 14 heavy (non-hydrogen) atoms. The molecule has 4 nitrogen and oxygen atoms in total. The summed E-state index contributed by atoms with van der Waals surface area (Å²) in [5.41, 5.74) is 2.87. The number of hydrogen-bond donors (Lipinski definition) is 1. The van der Waals surface area contributed by atoms with Crippen LogP contribution in [0.3, 0.4) is 0 Å². The summed E-state index contributed by atoms with van der Waals surface area (Å²) in [5, 5.41) is 8.65. The Morgan fingerprint density at radius 3 is 2.79 bits per heavy atom. The van der Waals surface area contributed by atoms with Crippen molar-refractivity contribution >= 4 is 11.7 Å². The molecule has 0 atom stereocenters. The van der Waals surface area contributed by atoms with Crippen molar-refractivity contribution in [2.45, 2.75) is 13.8 Å². The van der Waals surface area contributed by atoms with Crippen LogP contribution in [0.4, 0.5) is 5.69 Å². The van der Waals surface area contributed by atoms with Crippen LogP contribution in [0.1, 0.15) is 11.3 Å². The molecule has 76 valence electrons. The van der Waals surface area contributed by atoms with Gasteiger partial charge in [-0.2, -0.15) is 0 Å². The molecular formula is C10H14N2O2. The largest absolute Gasteiger partial charge is 0.480 e. The quantitative estimate of drug-likeness (QED) is 0.786. The zero-order valence-electron chi connectivity index (χ0n) is 8.61. The smallest absolute Gasteiger partial charge is 0.323 e. The van der Waals surface area contributed by atoms with Crippen molar-refractivity contribution in [1.82, 2.24) is 4.98 Å². The summed E-state index contributed by atoms with van der Waals surface area (Å²) >= 11 is 0. The van der Waals surface area contributed by atoms with E-state index >= 15 is 0 Å². The van der Waals surface area contributed by atoms with Gasteiger partial charge in [0.05, 0.1) is 0 Å². The number of likely N-dealkylation sites (N-methyl/N-ethyl adjacent to an activating group) is 1. The third-order valence-corrected chi connectivity index (χ3v) is 2.21. The molecule has 0 aromatic carbocycles. The average molecular weight is 194 g/mol. The van der Waals surface area contributed by atoms with Gasteiger partial charge in [0.2, 0.25) is 0 Å². The molecule has 1 aromatic heterocycles. The maximum atomic E-state index is 10.5. The number of aryl methyl sites for hydroxylation is 1. The topological polar surface area (TPSA) is 53.4 Å². The van der Waals surface area contributed by atoms with Crippen molar-refractivity contribution in [3.05, 3.63) is 23.5 Å². The lowest BCUT2D eigenvalue weighted by atomic mass is 10.2. The van der Waals surface area contributed by atoms with Crippen LogP contribution >= 0.6 is 0 Å². The average Bonchev–Trinajstić information content (AvgIpc) is 2.08. The minimum Gasteiger partial charge on any atom is -0.480 e. The van der Waals surface area contributed by atoms with E-state index in [0.29, 0.717) is 0 Å². The fourth-order valence-corrected chi connectivity index (χ4v) is 1.33. The molecule has 0 bridgehead atoms. The molecule has 0 unspecified atom stereocenters. The minimum atomic E-state index is -0.832. The van der Waals surface area contributed by atoms with E-state index in [4.69, 9.17) is 5.11 Å². The molecule has 1 rings (SSSR count). The number of nitrogens with zero attached hydrogens (tertiary/aromatic N) is 2. The Labute approximate surface area is 83.2 Å². The molecular weight excluding hydrogens is 180 g/mol. The molecule has 0 amide bonds. The molecule has 0 aliphatic rings. The van der Waals surface area contributed by atoms with E-state index in [1.54, 1.807) is 18.1 Å². The maximum absolute atomic E-state index is 10.5. The summed E-state index contributed by atoms with van der Waals surface area (Å²) in [6.45, 7) is 3.85. The third-order valence-electron chi connectivity index (χ3n) is 2.21. The first kappa shape index (κ1) is 10.5. The van der Waals surface area contributed by atoms with E-state index in [9.17, 15) is 4.79 Å². The van der Waals surface area contributed by atoms with E-state index in [1.807, 2.05) is 19.9 Å². The molecule has 1 N–H and O–H groups in total. The number of pyridine rings is 1. The number of carbonyl (C=O) groups is 1. The summed E-state index contributed by atoms with van der Waals surface area (Å²) in [6.07, 6.45) is 1.69. The van der Waals surface area contributed by atoms with Crippen LogP contribution in [0.15, 0.2) is 12.3 Å². The predicted octanol–water partition coefficient (Wildman–Crippen LogP) is 1.22. The van der Waals surface area contributed by atoms with Gasteiger partial charge in [-0.15, -0.1) is 0 Å². The number of aliphatic carboxylic acids is 1. The normalized spacial score (nSPS) is 9.93. The Balaban J connectivity index is 2.95. The van der Waals surface area contributed by atoms with Crippen LogP contribution in [0, 0.1) is 13.8 Å². The van der Waals surface area contributed by atoms with Crippen molar-refractivity contribution in [2.24, 2.45) is 0 Å². The van der Waals surface area contributed by atoms with Gasteiger partial charge in [0.15, 0.2) is 0 Å². The summed E-state index contributed by atoms with van der Waals surface area (Å²) in [5.74, 6) is -0.832. The minimum absolute atomic E-state index is 0.00426. The SMILES string of the molecule is Cc1nccc(N(C)CC(=O)O)c1C. The van der Waals surface area contributed by atoms with Gasteiger partial charge in [0.25, 0.3) is 0 Å². The first-order valence-corrected chi connectivity index (χ1v) is 4.37. The number of carboxylic acid groups (broad SMARTS) is 1. The number of hydrogen-bond acceptors (Lipinski definition) is 3. The van der Waals surface area contributed by atoms with E-state index in [1.165, 1.54) is 0 Å². The molecule has 1 aromatic rings. The van der Waals surface area contributed by atoms with Gasteiger partial charge in [0.1, 0.15) is 6.54 Å². The third kappa shape index (κ3) is 2.22. The van der Waals surface area contributed by atoms with Gasteiger partial charge < -0.3 is 10.0 Å². The standard InChI is InChI=1S/C10H14N2O2/c1-7-8(2)11-5-4-9(7)12(3)6-10(13)14/h4-5H,6H2,1-3H3,(H,13,14). The van der Waals surface area contributed by atoms with Crippen LogP contribution < -0.4 is 4.90 Å². The Bertz CT molecular complexity index is 350. The zero-order valence-corrected chi connectivity index (χ0v) is 8.61. The predicted molar refractivity (Wildman–Crippen MR) is 54.6 cm³/mol. The molecule has 0 spiro atoms. The summed E-state index contributed by atoms with van der Waals surface area (Å²) in [7, 11) is 1.76. The highest BCUT2D eigenvalue weighted by atomic mass is 16.4. The highest BCUT2D eigenvalue weighted by Gasteiger charge is 2.09. The van der Waals surface area contributed by atoms with E-state index in [2.05, 4.69) is 4.98 Å². The van der Waals surface area contributed by atoms with Crippen molar-refractivity contribution in [3.63, 3.8) is 0 Å². The lowest BCUT2D eigenvalue weighted by molar-refractivity contribution is -0.135. The summed E-state index contributed by atoms with van der Waals surface area (Å²) < 4.78 is 0. The van der Waals surface area contributed by atoms with E-state index < -0.39 is 5.97 Å². The monoisotopic (exact) mass is 194 g/mol. The van der Waals surface area contributed by atoms with Crippen LogP contribution in [0.5, 0.6) is 0 Å². The zero-order chi connectivity index (χ0) is 10.7. The second kappa shape index (κ2) is 4.09. The molecule has 0 aliphatic carbocycles. The Morgan fingerprint density at radius 2 is 2.21 bits per heavy atom. The van der Waals surface area contributed by atoms with Crippen molar-refractivity contribution in [1.29, 1.82) is 0 Å². The first-order chi connectivity index (χ1) is 6.52.